The number of benzene rings is 3. The standard InChI is InChI=1S/C24H24NO2PS/c29-28(26-18-21-14-7-8-16-23(21)27-28)25-17-9-15-22(25)24(19-10-3-1-4-11-19)20-12-5-2-6-13-20/h1-8,10-14,16,22,24H,9,15,17-18H2/t22-,28?/m0/s1. The van der Waals surface area contributed by atoms with Gasteiger partial charge in [0, 0.05) is 24.1 Å². The van der Waals surface area contributed by atoms with Gasteiger partial charge in [-0.15, -0.1) is 0 Å². The van der Waals surface area contributed by atoms with E-state index in [1.165, 1.54) is 11.1 Å². The number of para-hydroxylation sites is 1. The molecule has 29 heavy (non-hydrogen) atoms. The molecule has 0 amide bonds. The van der Waals surface area contributed by atoms with E-state index in [2.05, 4.69) is 65.3 Å². The van der Waals surface area contributed by atoms with Crippen LogP contribution in [0.5, 0.6) is 5.75 Å². The second kappa shape index (κ2) is 8.04. The van der Waals surface area contributed by atoms with E-state index in [0.29, 0.717) is 6.61 Å². The van der Waals surface area contributed by atoms with Crippen molar-refractivity contribution in [3.8, 4) is 5.75 Å². The predicted molar refractivity (Wildman–Crippen MR) is 121 cm³/mol. The zero-order valence-electron chi connectivity index (χ0n) is 16.2. The highest BCUT2D eigenvalue weighted by Crippen LogP contribution is 2.60. The highest BCUT2D eigenvalue weighted by molar-refractivity contribution is 8.09. The molecule has 0 saturated carbocycles. The summed E-state index contributed by atoms with van der Waals surface area (Å²) in [6, 6.07) is 29.8. The Hall–Kier alpha value is -1.97. The van der Waals surface area contributed by atoms with E-state index in [0.717, 1.165) is 30.7 Å². The minimum atomic E-state index is -2.58. The molecule has 2 atom stereocenters. The van der Waals surface area contributed by atoms with Gasteiger partial charge < -0.3 is 9.05 Å². The van der Waals surface area contributed by atoms with Gasteiger partial charge >= 0.3 is 6.64 Å². The van der Waals surface area contributed by atoms with Crippen LogP contribution in [0.2, 0.25) is 0 Å². The van der Waals surface area contributed by atoms with Crippen molar-refractivity contribution in [2.45, 2.75) is 31.4 Å². The van der Waals surface area contributed by atoms with Gasteiger partial charge in [-0.25, -0.2) is 4.67 Å². The van der Waals surface area contributed by atoms with Crippen LogP contribution in [0.25, 0.3) is 0 Å². The average molecular weight is 422 g/mol. The Morgan fingerprint density at radius 2 is 1.48 bits per heavy atom. The van der Waals surface area contributed by atoms with Gasteiger partial charge in [0.2, 0.25) is 0 Å². The Bertz CT molecular complexity index is 988. The molecule has 5 heteroatoms. The SMILES string of the molecule is S=P1(N2CCC[C@H]2C(c2ccccc2)c2ccccc2)OCc2ccccc2O1. The van der Waals surface area contributed by atoms with Crippen LogP contribution in [-0.4, -0.2) is 17.3 Å². The summed E-state index contributed by atoms with van der Waals surface area (Å²) in [6.45, 7) is -1.13. The lowest BCUT2D eigenvalue weighted by atomic mass is 9.84. The number of rotatable bonds is 4. The highest BCUT2D eigenvalue weighted by atomic mass is 32.5. The van der Waals surface area contributed by atoms with Gasteiger partial charge in [-0.3, -0.25) is 0 Å². The zero-order chi connectivity index (χ0) is 19.7. The van der Waals surface area contributed by atoms with Crippen molar-refractivity contribution in [2.24, 2.45) is 0 Å². The summed E-state index contributed by atoms with van der Waals surface area (Å²) in [7, 11) is 0. The molecular formula is C24H24NO2PS. The number of hydrogen-bond donors (Lipinski definition) is 0. The lowest BCUT2D eigenvalue weighted by Crippen LogP contribution is -2.35. The molecule has 2 aliphatic rings. The van der Waals surface area contributed by atoms with Gasteiger partial charge in [0.15, 0.2) is 0 Å². The molecule has 1 unspecified atom stereocenters. The molecule has 3 aromatic carbocycles. The fraction of sp³-hybridized carbons (Fsp3) is 0.250. The first-order valence-corrected chi connectivity index (χ1v) is 12.7. The Morgan fingerprint density at radius 3 is 2.17 bits per heavy atom. The average Bonchev–Trinajstić information content (AvgIpc) is 3.26. The largest absolute Gasteiger partial charge is 0.432 e. The van der Waals surface area contributed by atoms with E-state index in [4.69, 9.17) is 20.9 Å². The molecule has 0 N–H and O–H groups in total. The summed E-state index contributed by atoms with van der Waals surface area (Å²) < 4.78 is 15.0. The Labute approximate surface area is 177 Å². The van der Waals surface area contributed by atoms with Crippen LogP contribution in [0.3, 0.4) is 0 Å². The third-order valence-electron chi connectivity index (χ3n) is 5.86. The molecule has 3 nitrogen and oxygen atoms in total. The maximum absolute atomic E-state index is 6.39. The Balaban J connectivity index is 1.53. The summed E-state index contributed by atoms with van der Waals surface area (Å²) >= 11 is 6.08. The van der Waals surface area contributed by atoms with Crippen molar-refractivity contribution in [3.63, 3.8) is 0 Å². The summed E-state index contributed by atoms with van der Waals surface area (Å²) in [5, 5.41) is 0. The van der Waals surface area contributed by atoms with Crippen molar-refractivity contribution >= 4 is 18.4 Å². The first-order valence-electron chi connectivity index (χ1n) is 10.1. The fourth-order valence-electron chi connectivity index (χ4n) is 4.52. The van der Waals surface area contributed by atoms with Crippen LogP contribution in [0.4, 0.5) is 0 Å². The van der Waals surface area contributed by atoms with Crippen LogP contribution >= 0.6 is 6.64 Å². The highest BCUT2D eigenvalue weighted by Gasteiger charge is 2.44. The van der Waals surface area contributed by atoms with Crippen molar-refractivity contribution in [2.75, 3.05) is 6.54 Å². The smallest absolute Gasteiger partial charge is 0.316 e. The number of hydrogen-bond acceptors (Lipinski definition) is 3. The minimum Gasteiger partial charge on any atom is -0.432 e. The third-order valence-corrected chi connectivity index (χ3v) is 9.03. The second-order valence-corrected chi connectivity index (χ2v) is 10.9. The normalized spacial score (nSPS) is 24.2. The van der Waals surface area contributed by atoms with E-state index < -0.39 is 6.64 Å². The minimum absolute atomic E-state index is 0.240. The first-order chi connectivity index (χ1) is 14.2. The predicted octanol–water partition coefficient (Wildman–Crippen LogP) is 6.12. The lowest BCUT2D eigenvalue weighted by molar-refractivity contribution is 0.215. The van der Waals surface area contributed by atoms with Crippen molar-refractivity contribution in [3.05, 3.63) is 102 Å². The molecule has 3 aromatic rings. The van der Waals surface area contributed by atoms with Crippen LogP contribution < -0.4 is 4.52 Å². The summed E-state index contributed by atoms with van der Waals surface area (Å²) in [4.78, 5) is 0. The van der Waals surface area contributed by atoms with Crippen LogP contribution in [-0.2, 0) is 22.9 Å². The molecule has 0 bridgehead atoms. The molecule has 2 heterocycles. The van der Waals surface area contributed by atoms with E-state index >= 15 is 0 Å². The molecule has 0 aromatic heterocycles. The van der Waals surface area contributed by atoms with Crippen molar-refractivity contribution in [1.29, 1.82) is 0 Å². The molecule has 1 saturated heterocycles. The molecular weight excluding hydrogens is 397 g/mol. The van der Waals surface area contributed by atoms with Crippen LogP contribution in [0.15, 0.2) is 84.9 Å². The van der Waals surface area contributed by atoms with E-state index in [1.54, 1.807) is 0 Å². The van der Waals surface area contributed by atoms with E-state index in [-0.39, 0.29) is 12.0 Å². The molecule has 0 spiro atoms. The molecule has 5 rings (SSSR count). The van der Waals surface area contributed by atoms with E-state index in [9.17, 15) is 0 Å². The summed E-state index contributed by atoms with van der Waals surface area (Å²) in [6.07, 6.45) is 2.19. The second-order valence-electron chi connectivity index (χ2n) is 7.61. The maximum atomic E-state index is 6.39. The van der Waals surface area contributed by atoms with Gasteiger partial charge in [-0.2, -0.15) is 0 Å². The van der Waals surface area contributed by atoms with Gasteiger partial charge in [-0.1, -0.05) is 78.9 Å². The van der Waals surface area contributed by atoms with Crippen LogP contribution in [0, 0.1) is 0 Å². The zero-order valence-corrected chi connectivity index (χ0v) is 17.9. The van der Waals surface area contributed by atoms with E-state index in [1.807, 2.05) is 24.3 Å². The summed E-state index contributed by atoms with van der Waals surface area (Å²) in [5.74, 6) is 1.12. The monoisotopic (exact) mass is 421 g/mol. The molecule has 0 aliphatic carbocycles. The topological polar surface area (TPSA) is 21.7 Å². The van der Waals surface area contributed by atoms with Gasteiger partial charge in [0.05, 0.1) is 6.61 Å². The number of fused-ring (bicyclic) bond motifs is 1. The van der Waals surface area contributed by atoms with Crippen molar-refractivity contribution < 1.29 is 9.05 Å². The van der Waals surface area contributed by atoms with Gasteiger partial charge in [0.25, 0.3) is 0 Å². The fourth-order valence-corrected chi connectivity index (χ4v) is 7.56. The molecule has 0 radical (unpaired) electrons. The molecule has 148 valence electrons. The number of nitrogens with zero attached hydrogens (tertiary/aromatic N) is 1. The quantitative estimate of drug-likeness (QED) is 0.473. The van der Waals surface area contributed by atoms with Crippen molar-refractivity contribution in [1.82, 2.24) is 4.67 Å². The molecule has 2 aliphatic heterocycles. The lowest BCUT2D eigenvalue weighted by Gasteiger charge is -2.40. The Kier molecular flexibility index (Phi) is 5.28. The summed E-state index contributed by atoms with van der Waals surface area (Å²) in [5.41, 5.74) is 3.70. The van der Waals surface area contributed by atoms with Gasteiger partial charge in [0.1, 0.15) is 5.75 Å². The van der Waals surface area contributed by atoms with Gasteiger partial charge in [-0.05, 0) is 41.8 Å². The Morgan fingerprint density at radius 1 is 0.862 bits per heavy atom. The maximum Gasteiger partial charge on any atom is 0.316 e. The molecule has 1 fully saturated rings. The first kappa shape index (κ1) is 19.0. The third kappa shape index (κ3) is 3.67. The van der Waals surface area contributed by atoms with Crippen LogP contribution in [0.1, 0.15) is 35.4 Å².